The molecule has 1 aromatic heterocycles. The van der Waals surface area contributed by atoms with Crippen molar-refractivity contribution in [2.45, 2.75) is 46.1 Å². The third-order valence-electron chi connectivity index (χ3n) is 2.64. The second-order valence-electron chi connectivity index (χ2n) is 4.29. The number of hydrogen-bond donors (Lipinski definition) is 1. The van der Waals surface area contributed by atoms with Gasteiger partial charge in [-0.1, -0.05) is 20.8 Å². The van der Waals surface area contributed by atoms with Gasteiger partial charge in [-0.25, -0.2) is 0 Å². The lowest BCUT2D eigenvalue weighted by Gasteiger charge is -2.26. The van der Waals surface area contributed by atoms with Crippen molar-refractivity contribution in [1.29, 1.82) is 0 Å². The Morgan fingerprint density at radius 2 is 2.13 bits per heavy atom. The molecule has 0 aliphatic rings. The van der Waals surface area contributed by atoms with Gasteiger partial charge in [-0.05, 0) is 25.8 Å². The summed E-state index contributed by atoms with van der Waals surface area (Å²) in [5, 5.41) is 12.8. The molecule has 86 valence electrons. The Balaban J connectivity index is 2.66. The van der Waals surface area contributed by atoms with E-state index in [0.29, 0.717) is 17.9 Å². The Hall–Kier alpha value is -0.480. The van der Waals surface area contributed by atoms with Gasteiger partial charge in [-0.3, -0.25) is 0 Å². The quantitative estimate of drug-likeness (QED) is 0.812. The van der Waals surface area contributed by atoms with Gasteiger partial charge in [0.1, 0.15) is 10.5 Å². The molecular formula is C11H21N3S. The fourth-order valence-electron chi connectivity index (χ4n) is 1.90. The third kappa shape index (κ3) is 3.54. The molecule has 0 saturated heterocycles. The van der Waals surface area contributed by atoms with Crippen LogP contribution in [0.5, 0.6) is 0 Å². The van der Waals surface area contributed by atoms with Crippen LogP contribution in [-0.4, -0.2) is 22.8 Å². The van der Waals surface area contributed by atoms with Crippen LogP contribution in [0.15, 0.2) is 5.51 Å². The van der Waals surface area contributed by atoms with Crippen LogP contribution in [0.4, 0.5) is 0 Å². The van der Waals surface area contributed by atoms with Crippen LogP contribution < -0.4 is 5.32 Å². The maximum atomic E-state index is 4.20. The highest BCUT2D eigenvalue weighted by Crippen LogP contribution is 2.28. The van der Waals surface area contributed by atoms with Gasteiger partial charge in [0.25, 0.3) is 0 Å². The summed E-state index contributed by atoms with van der Waals surface area (Å²) in [6, 6.07) is 0.470. The summed E-state index contributed by atoms with van der Waals surface area (Å²) < 4.78 is 0. The fraction of sp³-hybridized carbons (Fsp3) is 0.818. The summed E-state index contributed by atoms with van der Waals surface area (Å²) in [4.78, 5) is 0. The minimum atomic E-state index is 0.470. The molecule has 1 rings (SSSR count). The van der Waals surface area contributed by atoms with Gasteiger partial charge in [0.05, 0.1) is 0 Å². The Morgan fingerprint density at radius 1 is 1.40 bits per heavy atom. The molecule has 0 amide bonds. The van der Waals surface area contributed by atoms with Gasteiger partial charge in [0.2, 0.25) is 0 Å². The maximum absolute atomic E-state index is 4.20. The Morgan fingerprint density at radius 3 is 2.60 bits per heavy atom. The van der Waals surface area contributed by atoms with Gasteiger partial charge >= 0.3 is 0 Å². The second-order valence-corrected chi connectivity index (χ2v) is 5.15. The van der Waals surface area contributed by atoms with E-state index in [1.165, 1.54) is 6.42 Å². The van der Waals surface area contributed by atoms with Gasteiger partial charge in [0, 0.05) is 12.0 Å². The zero-order chi connectivity index (χ0) is 11.3. The van der Waals surface area contributed by atoms with Gasteiger partial charge in [-0.2, -0.15) is 0 Å². The highest BCUT2D eigenvalue weighted by molar-refractivity contribution is 7.09. The zero-order valence-electron chi connectivity index (χ0n) is 10.0. The van der Waals surface area contributed by atoms with Crippen LogP contribution in [0.1, 0.15) is 45.0 Å². The molecule has 1 N–H and O–H groups in total. The topological polar surface area (TPSA) is 37.8 Å². The lowest BCUT2D eigenvalue weighted by atomic mass is 9.90. The van der Waals surface area contributed by atoms with Crippen molar-refractivity contribution in [3.8, 4) is 0 Å². The molecule has 0 aliphatic heterocycles. The van der Waals surface area contributed by atoms with Gasteiger partial charge in [-0.15, -0.1) is 21.5 Å². The molecule has 0 aromatic carbocycles. The number of rotatable bonds is 6. The molecule has 0 aliphatic carbocycles. The van der Waals surface area contributed by atoms with E-state index in [9.17, 15) is 0 Å². The van der Waals surface area contributed by atoms with Gasteiger partial charge < -0.3 is 5.32 Å². The van der Waals surface area contributed by atoms with Crippen LogP contribution >= 0.6 is 11.3 Å². The van der Waals surface area contributed by atoms with Crippen molar-refractivity contribution in [2.24, 2.45) is 5.92 Å². The molecule has 1 heterocycles. The van der Waals surface area contributed by atoms with E-state index in [4.69, 9.17) is 0 Å². The fourth-order valence-corrected chi connectivity index (χ4v) is 2.83. The van der Waals surface area contributed by atoms with Crippen molar-refractivity contribution in [1.82, 2.24) is 15.5 Å². The highest BCUT2D eigenvalue weighted by Gasteiger charge is 2.24. The van der Waals surface area contributed by atoms with Gasteiger partial charge in [0.15, 0.2) is 0 Å². The summed E-state index contributed by atoms with van der Waals surface area (Å²) in [5.41, 5.74) is 1.82. The molecule has 0 saturated carbocycles. The highest BCUT2D eigenvalue weighted by atomic mass is 32.1. The Labute approximate surface area is 96.3 Å². The minimum absolute atomic E-state index is 0.470. The first-order valence-corrected chi connectivity index (χ1v) is 6.54. The molecule has 0 radical (unpaired) electrons. The first-order valence-electron chi connectivity index (χ1n) is 5.66. The van der Waals surface area contributed by atoms with E-state index >= 15 is 0 Å². The Kier molecular flexibility index (Phi) is 5.19. The van der Waals surface area contributed by atoms with E-state index < -0.39 is 0 Å². The number of nitrogens with zero attached hydrogens (tertiary/aromatic N) is 2. The van der Waals surface area contributed by atoms with E-state index in [2.05, 4.69) is 43.2 Å². The van der Waals surface area contributed by atoms with Crippen LogP contribution in [0.25, 0.3) is 0 Å². The van der Waals surface area contributed by atoms with E-state index in [0.717, 1.165) is 11.6 Å². The van der Waals surface area contributed by atoms with Crippen LogP contribution in [0, 0.1) is 5.92 Å². The lowest BCUT2D eigenvalue weighted by molar-refractivity contribution is 0.375. The van der Waals surface area contributed by atoms with E-state index in [-0.39, 0.29) is 0 Å². The normalized spacial score (nSPS) is 15.5. The summed E-state index contributed by atoms with van der Waals surface area (Å²) in [6.07, 6.45) is 1.17. The molecular weight excluding hydrogens is 206 g/mol. The smallest absolute Gasteiger partial charge is 0.122 e. The summed E-state index contributed by atoms with van der Waals surface area (Å²) in [6.45, 7) is 9.99. The SMILES string of the molecule is CCCNC(C)C(c1nncs1)C(C)C. The molecule has 15 heavy (non-hydrogen) atoms. The standard InChI is InChI=1S/C11H21N3S/c1-5-6-12-9(4)10(8(2)3)11-14-13-7-15-11/h7-10,12H,5-6H2,1-4H3. The number of hydrogen-bond acceptors (Lipinski definition) is 4. The summed E-state index contributed by atoms with van der Waals surface area (Å²) in [7, 11) is 0. The maximum Gasteiger partial charge on any atom is 0.122 e. The largest absolute Gasteiger partial charge is 0.314 e. The molecule has 0 fully saturated rings. The molecule has 3 nitrogen and oxygen atoms in total. The van der Waals surface area contributed by atoms with Crippen molar-refractivity contribution >= 4 is 11.3 Å². The second kappa shape index (κ2) is 6.18. The average molecular weight is 227 g/mol. The van der Waals surface area contributed by atoms with E-state index in [1.54, 1.807) is 11.3 Å². The molecule has 0 bridgehead atoms. The number of nitrogens with one attached hydrogen (secondary N) is 1. The molecule has 0 spiro atoms. The predicted octanol–water partition coefficient (Wildman–Crippen LogP) is 2.67. The molecule has 2 unspecified atom stereocenters. The van der Waals surface area contributed by atoms with Crippen molar-refractivity contribution in [3.05, 3.63) is 10.5 Å². The van der Waals surface area contributed by atoms with Crippen molar-refractivity contribution < 1.29 is 0 Å². The zero-order valence-corrected chi connectivity index (χ0v) is 10.8. The van der Waals surface area contributed by atoms with Crippen molar-refractivity contribution in [2.75, 3.05) is 6.54 Å². The molecule has 4 heteroatoms. The molecule has 1 aromatic rings. The van der Waals surface area contributed by atoms with Crippen LogP contribution in [-0.2, 0) is 0 Å². The molecule has 2 atom stereocenters. The third-order valence-corrected chi connectivity index (χ3v) is 3.43. The predicted molar refractivity (Wildman–Crippen MR) is 65.2 cm³/mol. The first kappa shape index (κ1) is 12.6. The van der Waals surface area contributed by atoms with Crippen LogP contribution in [0.3, 0.4) is 0 Å². The number of aromatic nitrogens is 2. The summed E-state index contributed by atoms with van der Waals surface area (Å²) >= 11 is 1.66. The summed E-state index contributed by atoms with van der Waals surface area (Å²) in [5.74, 6) is 1.07. The lowest BCUT2D eigenvalue weighted by Crippen LogP contribution is -2.35. The van der Waals surface area contributed by atoms with E-state index in [1.807, 2.05) is 5.51 Å². The average Bonchev–Trinajstić information content (AvgIpc) is 2.67. The minimum Gasteiger partial charge on any atom is -0.314 e. The monoisotopic (exact) mass is 227 g/mol. The first-order chi connectivity index (χ1) is 7.16. The van der Waals surface area contributed by atoms with Crippen LogP contribution in [0.2, 0.25) is 0 Å². The Bertz CT molecular complexity index is 259. The van der Waals surface area contributed by atoms with Crippen molar-refractivity contribution in [3.63, 3.8) is 0 Å².